The van der Waals surface area contributed by atoms with Crippen LogP contribution >= 0.6 is 0 Å². The van der Waals surface area contributed by atoms with Gasteiger partial charge in [0.2, 0.25) is 0 Å². The molecule has 118 valence electrons. The first-order valence-corrected chi connectivity index (χ1v) is 7.78. The summed E-state index contributed by atoms with van der Waals surface area (Å²) >= 11 is 0. The molecule has 0 radical (unpaired) electrons. The summed E-state index contributed by atoms with van der Waals surface area (Å²) in [5, 5.41) is 13.1. The van der Waals surface area contributed by atoms with Gasteiger partial charge in [0.25, 0.3) is 5.91 Å². The van der Waals surface area contributed by atoms with E-state index in [1.54, 1.807) is 12.3 Å². The lowest BCUT2D eigenvalue weighted by atomic mass is 10.1. The van der Waals surface area contributed by atoms with E-state index in [1.165, 1.54) is 0 Å². The first-order chi connectivity index (χ1) is 11.8. The predicted octanol–water partition coefficient (Wildman–Crippen LogP) is 3.43. The maximum absolute atomic E-state index is 12.2. The van der Waals surface area contributed by atoms with Crippen LogP contribution in [0.1, 0.15) is 11.1 Å². The minimum Gasteiger partial charge on any atom is -0.361 e. The molecule has 0 bridgehead atoms. The van der Waals surface area contributed by atoms with Crippen LogP contribution in [0.15, 0.2) is 66.4 Å². The molecule has 0 aliphatic rings. The molecule has 0 saturated heterocycles. The number of rotatable bonds is 5. The number of H-pyrrole nitrogens is 1. The van der Waals surface area contributed by atoms with Crippen molar-refractivity contribution in [3.05, 3.63) is 77.5 Å². The Hall–Kier alpha value is -3.32. The van der Waals surface area contributed by atoms with Crippen LogP contribution in [-0.2, 0) is 11.2 Å². The molecule has 2 aromatic carbocycles. The zero-order chi connectivity index (χ0) is 16.8. The van der Waals surface area contributed by atoms with Crippen molar-refractivity contribution in [2.45, 2.75) is 6.42 Å². The number of nitriles is 1. The fraction of sp³-hybridized carbons (Fsp3) is 0.100. The lowest BCUT2D eigenvalue weighted by Crippen LogP contribution is -2.26. The Labute approximate surface area is 140 Å². The molecule has 1 heterocycles. The number of carbonyl (C=O) groups excluding carboxylic acids is 1. The Morgan fingerprint density at radius 3 is 2.67 bits per heavy atom. The average molecular weight is 315 g/mol. The summed E-state index contributed by atoms with van der Waals surface area (Å²) in [5.41, 5.74) is 3.07. The van der Waals surface area contributed by atoms with E-state index in [1.807, 2.05) is 60.7 Å². The summed E-state index contributed by atoms with van der Waals surface area (Å²) in [6, 6.07) is 19.7. The van der Waals surface area contributed by atoms with Gasteiger partial charge in [-0.2, -0.15) is 5.26 Å². The van der Waals surface area contributed by atoms with E-state index in [4.69, 9.17) is 0 Å². The topological polar surface area (TPSA) is 68.7 Å². The number of nitrogens with one attached hydrogen (secondary N) is 2. The van der Waals surface area contributed by atoms with Gasteiger partial charge < -0.3 is 10.3 Å². The van der Waals surface area contributed by atoms with Crippen molar-refractivity contribution >= 4 is 22.9 Å². The van der Waals surface area contributed by atoms with Crippen LogP contribution in [0.25, 0.3) is 17.0 Å². The normalized spacial score (nSPS) is 11.2. The van der Waals surface area contributed by atoms with Crippen LogP contribution in [0.5, 0.6) is 0 Å². The molecular formula is C20H17N3O. The molecule has 0 unspecified atom stereocenters. The second-order valence-corrected chi connectivity index (χ2v) is 5.45. The minimum absolute atomic E-state index is 0.104. The molecule has 0 aliphatic carbocycles. The van der Waals surface area contributed by atoms with E-state index < -0.39 is 0 Å². The number of hydrogen-bond donors (Lipinski definition) is 2. The Balaban J connectivity index is 1.69. The Bertz CT molecular complexity index is 917. The maximum Gasteiger partial charge on any atom is 0.261 e. The lowest BCUT2D eigenvalue weighted by molar-refractivity contribution is -0.117. The standard InChI is InChI=1S/C20H17N3O/c21-13-16(12-17-14-23-19-9-5-4-8-18(17)19)20(24)22-11-10-15-6-2-1-3-7-15/h1-9,12,14,23H,10-11H2,(H,22,24). The van der Waals surface area contributed by atoms with Crippen molar-refractivity contribution in [3.63, 3.8) is 0 Å². The quantitative estimate of drug-likeness (QED) is 0.559. The third-order valence-corrected chi connectivity index (χ3v) is 3.83. The highest BCUT2D eigenvalue weighted by Gasteiger charge is 2.10. The Kier molecular flexibility index (Phi) is 4.73. The zero-order valence-electron chi connectivity index (χ0n) is 13.1. The monoisotopic (exact) mass is 315 g/mol. The highest BCUT2D eigenvalue weighted by atomic mass is 16.1. The van der Waals surface area contributed by atoms with Gasteiger partial charge in [-0.25, -0.2) is 0 Å². The molecule has 0 aliphatic heterocycles. The average Bonchev–Trinajstić information content (AvgIpc) is 3.03. The van der Waals surface area contributed by atoms with Crippen molar-refractivity contribution in [2.24, 2.45) is 0 Å². The number of fused-ring (bicyclic) bond motifs is 1. The number of carbonyl (C=O) groups is 1. The van der Waals surface area contributed by atoms with Crippen molar-refractivity contribution in [3.8, 4) is 6.07 Å². The van der Waals surface area contributed by atoms with E-state index in [2.05, 4.69) is 10.3 Å². The van der Waals surface area contributed by atoms with Gasteiger partial charge in [-0.1, -0.05) is 48.5 Å². The first kappa shape index (κ1) is 15.6. The van der Waals surface area contributed by atoms with Crippen molar-refractivity contribution in [1.82, 2.24) is 10.3 Å². The van der Waals surface area contributed by atoms with Gasteiger partial charge in [-0.05, 0) is 24.1 Å². The van der Waals surface area contributed by atoms with Gasteiger partial charge in [0.15, 0.2) is 0 Å². The smallest absolute Gasteiger partial charge is 0.261 e. The van der Waals surface area contributed by atoms with Crippen LogP contribution < -0.4 is 5.32 Å². The van der Waals surface area contributed by atoms with Crippen LogP contribution in [0.2, 0.25) is 0 Å². The number of hydrogen-bond acceptors (Lipinski definition) is 2. The highest BCUT2D eigenvalue weighted by Crippen LogP contribution is 2.20. The molecule has 4 nitrogen and oxygen atoms in total. The molecule has 0 spiro atoms. The molecule has 2 N–H and O–H groups in total. The summed E-state index contributed by atoms with van der Waals surface area (Å²) in [5.74, 6) is -0.348. The Morgan fingerprint density at radius 2 is 1.88 bits per heavy atom. The lowest BCUT2D eigenvalue weighted by Gasteiger charge is -2.04. The number of aromatic amines is 1. The van der Waals surface area contributed by atoms with Gasteiger partial charge in [0, 0.05) is 29.2 Å². The molecule has 4 heteroatoms. The van der Waals surface area contributed by atoms with Crippen molar-refractivity contribution in [1.29, 1.82) is 5.26 Å². The van der Waals surface area contributed by atoms with Crippen LogP contribution in [0.3, 0.4) is 0 Å². The van der Waals surface area contributed by atoms with Gasteiger partial charge in [-0.15, -0.1) is 0 Å². The predicted molar refractivity (Wildman–Crippen MR) is 95.0 cm³/mol. The van der Waals surface area contributed by atoms with Crippen molar-refractivity contribution < 1.29 is 4.79 Å². The number of benzene rings is 2. The molecule has 0 atom stereocenters. The van der Waals surface area contributed by atoms with E-state index in [9.17, 15) is 10.1 Å². The largest absolute Gasteiger partial charge is 0.361 e. The molecule has 0 fully saturated rings. The summed E-state index contributed by atoms with van der Waals surface area (Å²) in [4.78, 5) is 15.4. The molecule has 3 aromatic rings. The number of aromatic nitrogens is 1. The minimum atomic E-state index is -0.348. The third-order valence-electron chi connectivity index (χ3n) is 3.83. The second-order valence-electron chi connectivity index (χ2n) is 5.45. The van der Waals surface area contributed by atoms with E-state index in [0.29, 0.717) is 6.54 Å². The van der Waals surface area contributed by atoms with Crippen LogP contribution in [-0.4, -0.2) is 17.4 Å². The zero-order valence-corrected chi connectivity index (χ0v) is 13.1. The summed E-state index contributed by atoms with van der Waals surface area (Å²) in [6.45, 7) is 0.496. The van der Waals surface area contributed by atoms with Crippen molar-refractivity contribution in [2.75, 3.05) is 6.54 Å². The van der Waals surface area contributed by atoms with Gasteiger partial charge in [0.1, 0.15) is 11.6 Å². The van der Waals surface area contributed by atoms with Crippen LogP contribution in [0.4, 0.5) is 0 Å². The highest BCUT2D eigenvalue weighted by molar-refractivity contribution is 6.03. The first-order valence-electron chi connectivity index (χ1n) is 7.78. The SMILES string of the molecule is N#CC(=Cc1c[nH]c2ccccc12)C(=O)NCCc1ccccc1. The third kappa shape index (κ3) is 3.53. The molecule has 1 aromatic heterocycles. The molecule has 0 saturated carbocycles. The van der Waals surface area contributed by atoms with Gasteiger partial charge in [-0.3, -0.25) is 4.79 Å². The molecule has 1 amide bonds. The number of amides is 1. The molecule has 3 rings (SSSR count). The molecular weight excluding hydrogens is 298 g/mol. The fourth-order valence-corrected chi connectivity index (χ4v) is 2.58. The maximum atomic E-state index is 12.2. The van der Waals surface area contributed by atoms with E-state index in [0.717, 1.165) is 28.5 Å². The second kappa shape index (κ2) is 7.30. The number of para-hydroxylation sites is 1. The van der Waals surface area contributed by atoms with Crippen LogP contribution in [0, 0.1) is 11.3 Å². The summed E-state index contributed by atoms with van der Waals surface area (Å²) in [7, 11) is 0. The van der Waals surface area contributed by atoms with E-state index >= 15 is 0 Å². The fourth-order valence-electron chi connectivity index (χ4n) is 2.58. The Morgan fingerprint density at radius 1 is 1.12 bits per heavy atom. The van der Waals surface area contributed by atoms with Gasteiger partial charge >= 0.3 is 0 Å². The summed E-state index contributed by atoms with van der Waals surface area (Å²) < 4.78 is 0. The van der Waals surface area contributed by atoms with E-state index in [-0.39, 0.29) is 11.5 Å². The molecule has 24 heavy (non-hydrogen) atoms. The number of nitrogens with zero attached hydrogens (tertiary/aromatic N) is 1. The van der Waals surface area contributed by atoms with Gasteiger partial charge in [0.05, 0.1) is 0 Å². The summed E-state index contributed by atoms with van der Waals surface area (Å²) in [6.07, 6.45) is 4.16.